The van der Waals surface area contributed by atoms with Crippen LogP contribution in [0.25, 0.3) is 0 Å². The monoisotopic (exact) mass is 213 g/mol. The lowest BCUT2D eigenvalue weighted by molar-refractivity contribution is -0.0811. The Bertz CT molecular complexity index is 172. The Hall–Kier alpha value is -0.0800. The highest BCUT2D eigenvalue weighted by atomic mass is 16.5. The predicted octanol–water partition coefficient (Wildman–Crippen LogP) is 3.11. The van der Waals surface area contributed by atoms with Crippen molar-refractivity contribution in [2.75, 3.05) is 13.7 Å². The zero-order valence-electron chi connectivity index (χ0n) is 10.6. The normalized spacial score (nSPS) is 31.8. The highest BCUT2D eigenvalue weighted by Crippen LogP contribution is 2.29. The van der Waals surface area contributed by atoms with Gasteiger partial charge in [-0.1, -0.05) is 32.6 Å². The summed E-state index contributed by atoms with van der Waals surface area (Å²) in [4.78, 5) is 0. The summed E-state index contributed by atoms with van der Waals surface area (Å²) in [5.41, 5.74) is 0.139. The van der Waals surface area contributed by atoms with Gasteiger partial charge in [0.2, 0.25) is 0 Å². The zero-order chi connectivity index (χ0) is 11.1. The maximum Gasteiger partial charge on any atom is 0.0669 e. The summed E-state index contributed by atoms with van der Waals surface area (Å²) >= 11 is 0. The number of unbranched alkanes of at least 4 members (excludes halogenated alkanes) is 3. The van der Waals surface area contributed by atoms with E-state index in [-0.39, 0.29) is 5.60 Å². The molecule has 0 aromatic rings. The molecule has 0 aliphatic carbocycles. The smallest absolute Gasteiger partial charge is 0.0669 e. The molecule has 0 saturated carbocycles. The van der Waals surface area contributed by atoms with Gasteiger partial charge in [-0.05, 0) is 33.2 Å². The average molecular weight is 213 g/mol. The van der Waals surface area contributed by atoms with E-state index in [0.29, 0.717) is 6.04 Å². The molecule has 15 heavy (non-hydrogen) atoms. The van der Waals surface area contributed by atoms with Crippen LogP contribution in [0.1, 0.15) is 58.8 Å². The molecule has 0 aromatic carbocycles. The molecule has 2 nitrogen and oxygen atoms in total. The lowest BCUT2D eigenvalue weighted by Crippen LogP contribution is -2.44. The van der Waals surface area contributed by atoms with Gasteiger partial charge in [0.1, 0.15) is 0 Å². The van der Waals surface area contributed by atoms with E-state index >= 15 is 0 Å². The molecule has 1 fully saturated rings. The summed E-state index contributed by atoms with van der Waals surface area (Å²) in [6.07, 6.45) is 8.94. The Labute approximate surface area is 94.8 Å². The Morgan fingerprint density at radius 1 is 1.33 bits per heavy atom. The Balaban J connectivity index is 2.24. The van der Waals surface area contributed by atoms with Crippen LogP contribution in [0.2, 0.25) is 0 Å². The van der Waals surface area contributed by atoms with Crippen molar-refractivity contribution >= 4 is 0 Å². The SMILES string of the molecule is CCCCCCC1(C)CC(NC)CCO1. The number of nitrogens with one attached hydrogen (secondary N) is 1. The third-order valence-electron chi connectivity index (χ3n) is 3.56. The van der Waals surface area contributed by atoms with Gasteiger partial charge < -0.3 is 10.1 Å². The number of hydrogen-bond acceptors (Lipinski definition) is 2. The van der Waals surface area contributed by atoms with E-state index in [2.05, 4.69) is 26.2 Å². The van der Waals surface area contributed by atoms with Gasteiger partial charge in [-0.25, -0.2) is 0 Å². The van der Waals surface area contributed by atoms with Crippen LogP contribution in [-0.2, 0) is 4.74 Å². The molecule has 0 spiro atoms. The van der Waals surface area contributed by atoms with E-state index in [1.807, 2.05) is 0 Å². The largest absolute Gasteiger partial charge is 0.375 e. The van der Waals surface area contributed by atoms with Crippen molar-refractivity contribution in [3.63, 3.8) is 0 Å². The number of ether oxygens (including phenoxy) is 1. The third-order valence-corrected chi connectivity index (χ3v) is 3.56. The minimum atomic E-state index is 0.139. The molecule has 1 saturated heterocycles. The highest BCUT2D eigenvalue weighted by Gasteiger charge is 2.31. The molecule has 1 rings (SSSR count). The summed E-state index contributed by atoms with van der Waals surface area (Å²) in [7, 11) is 2.06. The summed E-state index contributed by atoms with van der Waals surface area (Å²) in [5.74, 6) is 0. The summed E-state index contributed by atoms with van der Waals surface area (Å²) in [5, 5.41) is 3.38. The first-order valence-corrected chi connectivity index (χ1v) is 6.51. The molecular weight excluding hydrogens is 186 g/mol. The van der Waals surface area contributed by atoms with Gasteiger partial charge in [0.15, 0.2) is 0 Å². The van der Waals surface area contributed by atoms with E-state index < -0.39 is 0 Å². The fraction of sp³-hybridized carbons (Fsp3) is 1.00. The van der Waals surface area contributed by atoms with Crippen molar-refractivity contribution in [2.24, 2.45) is 0 Å². The van der Waals surface area contributed by atoms with Gasteiger partial charge >= 0.3 is 0 Å². The van der Waals surface area contributed by atoms with Crippen molar-refractivity contribution in [1.82, 2.24) is 5.32 Å². The molecule has 1 aliphatic heterocycles. The molecule has 1 aliphatic rings. The maximum atomic E-state index is 5.94. The third kappa shape index (κ3) is 4.52. The highest BCUT2D eigenvalue weighted by molar-refractivity contribution is 4.85. The molecule has 1 heterocycles. The molecule has 90 valence electrons. The van der Waals surface area contributed by atoms with Crippen LogP contribution in [-0.4, -0.2) is 25.3 Å². The van der Waals surface area contributed by atoms with Gasteiger partial charge in [0.25, 0.3) is 0 Å². The van der Waals surface area contributed by atoms with E-state index in [1.54, 1.807) is 0 Å². The Morgan fingerprint density at radius 3 is 2.80 bits per heavy atom. The van der Waals surface area contributed by atoms with Crippen LogP contribution in [0.5, 0.6) is 0 Å². The van der Waals surface area contributed by atoms with E-state index in [0.717, 1.165) is 6.61 Å². The molecule has 0 radical (unpaired) electrons. The summed E-state index contributed by atoms with van der Waals surface area (Å²) in [6.45, 7) is 5.47. The van der Waals surface area contributed by atoms with E-state index in [1.165, 1.54) is 44.9 Å². The molecule has 2 atom stereocenters. The van der Waals surface area contributed by atoms with Crippen LogP contribution in [0, 0.1) is 0 Å². The van der Waals surface area contributed by atoms with Crippen LogP contribution in [0.15, 0.2) is 0 Å². The Morgan fingerprint density at radius 2 is 2.13 bits per heavy atom. The van der Waals surface area contributed by atoms with Gasteiger partial charge in [-0.2, -0.15) is 0 Å². The first-order valence-electron chi connectivity index (χ1n) is 6.51. The fourth-order valence-electron chi connectivity index (χ4n) is 2.48. The van der Waals surface area contributed by atoms with Gasteiger partial charge in [0.05, 0.1) is 5.60 Å². The van der Waals surface area contributed by atoms with Crippen molar-refractivity contribution in [3.8, 4) is 0 Å². The fourth-order valence-corrected chi connectivity index (χ4v) is 2.48. The minimum Gasteiger partial charge on any atom is -0.375 e. The van der Waals surface area contributed by atoms with Crippen molar-refractivity contribution < 1.29 is 4.74 Å². The second-order valence-corrected chi connectivity index (χ2v) is 5.09. The molecular formula is C13H27NO. The quantitative estimate of drug-likeness (QED) is 0.685. The summed E-state index contributed by atoms with van der Waals surface area (Å²) < 4.78 is 5.94. The van der Waals surface area contributed by atoms with E-state index in [9.17, 15) is 0 Å². The van der Waals surface area contributed by atoms with Crippen molar-refractivity contribution in [2.45, 2.75) is 70.4 Å². The predicted molar refractivity (Wildman–Crippen MR) is 65.2 cm³/mol. The maximum absolute atomic E-state index is 5.94. The molecule has 0 amide bonds. The van der Waals surface area contributed by atoms with Crippen molar-refractivity contribution in [3.05, 3.63) is 0 Å². The van der Waals surface area contributed by atoms with E-state index in [4.69, 9.17) is 4.74 Å². The lowest BCUT2D eigenvalue weighted by atomic mass is 9.87. The van der Waals surface area contributed by atoms with Crippen LogP contribution in [0.4, 0.5) is 0 Å². The second kappa shape index (κ2) is 6.49. The first-order chi connectivity index (χ1) is 7.20. The standard InChI is InChI=1S/C13H27NO/c1-4-5-6-7-9-13(2)11-12(14-3)8-10-15-13/h12,14H,4-11H2,1-3H3. The van der Waals surface area contributed by atoms with Gasteiger partial charge in [-0.15, -0.1) is 0 Å². The topological polar surface area (TPSA) is 21.3 Å². The Kier molecular flexibility index (Phi) is 5.62. The zero-order valence-corrected chi connectivity index (χ0v) is 10.6. The molecule has 2 unspecified atom stereocenters. The molecule has 0 bridgehead atoms. The molecule has 1 N–H and O–H groups in total. The first kappa shape index (κ1) is 13.0. The van der Waals surface area contributed by atoms with Gasteiger partial charge in [-0.3, -0.25) is 0 Å². The molecule has 2 heteroatoms. The van der Waals surface area contributed by atoms with Crippen molar-refractivity contribution in [1.29, 1.82) is 0 Å². The van der Waals surface area contributed by atoms with Crippen LogP contribution < -0.4 is 5.32 Å². The van der Waals surface area contributed by atoms with Crippen LogP contribution >= 0.6 is 0 Å². The summed E-state index contributed by atoms with van der Waals surface area (Å²) in [6, 6.07) is 0.662. The van der Waals surface area contributed by atoms with Gasteiger partial charge in [0, 0.05) is 12.6 Å². The second-order valence-electron chi connectivity index (χ2n) is 5.09. The molecule has 0 aromatic heterocycles. The number of hydrogen-bond donors (Lipinski definition) is 1. The van der Waals surface area contributed by atoms with Crippen LogP contribution in [0.3, 0.4) is 0 Å². The lowest BCUT2D eigenvalue weighted by Gasteiger charge is -2.38. The average Bonchev–Trinajstić information content (AvgIpc) is 2.24. The number of rotatable bonds is 6. The minimum absolute atomic E-state index is 0.139.